The summed E-state index contributed by atoms with van der Waals surface area (Å²) in [5.41, 5.74) is 8.69. The Bertz CT molecular complexity index is 985. The van der Waals surface area contributed by atoms with E-state index in [1.54, 1.807) is 0 Å². The van der Waals surface area contributed by atoms with Crippen LogP contribution in [0, 0.1) is 13.8 Å². The first-order chi connectivity index (χ1) is 14.0. The second kappa shape index (κ2) is 9.50. The molecule has 0 aliphatic heterocycles. The number of carbonyl (C=O) groups is 2. The molecule has 150 valence electrons. The predicted octanol–water partition coefficient (Wildman–Crippen LogP) is 2.55. The Labute approximate surface area is 168 Å². The molecule has 0 unspecified atom stereocenters. The zero-order valence-electron chi connectivity index (χ0n) is 16.4. The van der Waals surface area contributed by atoms with Crippen molar-refractivity contribution in [2.24, 2.45) is 0 Å². The van der Waals surface area contributed by atoms with Crippen molar-refractivity contribution in [2.75, 3.05) is 11.9 Å². The van der Waals surface area contributed by atoms with Crippen LogP contribution in [-0.2, 0) is 16.0 Å². The molecule has 2 amide bonds. The van der Waals surface area contributed by atoms with Crippen molar-refractivity contribution in [3.63, 3.8) is 0 Å². The van der Waals surface area contributed by atoms with Crippen molar-refractivity contribution in [1.29, 1.82) is 0 Å². The number of hydrazine groups is 1. The van der Waals surface area contributed by atoms with E-state index >= 15 is 0 Å². The number of carbonyl (C=O) groups excluding carboxylic acids is 2. The molecule has 3 aromatic rings. The SMILES string of the molecule is Cc1ccc(NCC(=O)NNC(=O)CCc2nc(-c3ccccc3)no2)c(C)c1. The number of nitrogens with one attached hydrogen (secondary N) is 3. The van der Waals surface area contributed by atoms with Crippen LogP contribution in [0.3, 0.4) is 0 Å². The average molecular weight is 393 g/mol. The number of benzene rings is 2. The van der Waals surface area contributed by atoms with Gasteiger partial charge in [-0.15, -0.1) is 0 Å². The van der Waals surface area contributed by atoms with Gasteiger partial charge in [-0.2, -0.15) is 4.98 Å². The minimum Gasteiger partial charge on any atom is -0.376 e. The van der Waals surface area contributed by atoms with Gasteiger partial charge in [0.2, 0.25) is 17.6 Å². The minimum atomic E-state index is -0.345. The van der Waals surface area contributed by atoms with E-state index < -0.39 is 0 Å². The van der Waals surface area contributed by atoms with E-state index in [9.17, 15) is 9.59 Å². The summed E-state index contributed by atoms with van der Waals surface area (Å²) >= 11 is 0. The number of nitrogens with zero attached hydrogens (tertiary/aromatic N) is 2. The van der Waals surface area contributed by atoms with Crippen LogP contribution in [-0.4, -0.2) is 28.5 Å². The average Bonchev–Trinajstić information content (AvgIpc) is 3.20. The lowest BCUT2D eigenvalue weighted by molar-refractivity contribution is -0.128. The predicted molar refractivity (Wildman–Crippen MR) is 109 cm³/mol. The molecule has 0 saturated carbocycles. The quantitative estimate of drug-likeness (QED) is 0.532. The van der Waals surface area contributed by atoms with Gasteiger partial charge in [-0.1, -0.05) is 53.2 Å². The smallest absolute Gasteiger partial charge is 0.257 e. The third kappa shape index (κ3) is 5.90. The highest BCUT2D eigenvalue weighted by atomic mass is 16.5. The molecule has 0 spiro atoms. The molecule has 0 fully saturated rings. The van der Waals surface area contributed by atoms with Crippen LogP contribution in [0.5, 0.6) is 0 Å². The van der Waals surface area contributed by atoms with Gasteiger partial charge in [0, 0.05) is 24.1 Å². The second-order valence-corrected chi connectivity index (χ2v) is 6.65. The molecule has 2 aromatic carbocycles. The Morgan fingerprint density at radius 3 is 2.52 bits per heavy atom. The summed E-state index contributed by atoms with van der Waals surface area (Å²) in [6.45, 7) is 4.03. The molecule has 8 heteroatoms. The van der Waals surface area contributed by atoms with Crippen LogP contribution < -0.4 is 16.2 Å². The molecule has 1 aromatic heterocycles. The van der Waals surface area contributed by atoms with Crippen LogP contribution in [0.2, 0.25) is 0 Å². The van der Waals surface area contributed by atoms with E-state index in [0.717, 1.165) is 22.4 Å². The van der Waals surface area contributed by atoms with E-state index in [-0.39, 0.29) is 31.2 Å². The summed E-state index contributed by atoms with van der Waals surface area (Å²) in [4.78, 5) is 28.1. The fraction of sp³-hybridized carbons (Fsp3) is 0.238. The van der Waals surface area contributed by atoms with Gasteiger partial charge in [-0.25, -0.2) is 0 Å². The summed E-state index contributed by atoms with van der Waals surface area (Å²) in [6.07, 6.45) is 0.392. The third-order valence-corrected chi connectivity index (χ3v) is 4.23. The number of amides is 2. The Balaban J connectivity index is 1.38. The summed E-state index contributed by atoms with van der Waals surface area (Å²) in [5, 5.41) is 6.95. The van der Waals surface area contributed by atoms with E-state index in [4.69, 9.17) is 4.52 Å². The van der Waals surface area contributed by atoms with Gasteiger partial charge in [-0.3, -0.25) is 20.4 Å². The lowest BCUT2D eigenvalue weighted by Crippen LogP contribution is -2.44. The Morgan fingerprint density at radius 1 is 1.00 bits per heavy atom. The zero-order valence-corrected chi connectivity index (χ0v) is 16.4. The highest BCUT2D eigenvalue weighted by Crippen LogP contribution is 2.16. The fourth-order valence-electron chi connectivity index (χ4n) is 2.71. The standard InChI is InChI=1S/C21H23N5O3/c1-14-8-9-17(15(2)12-14)22-13-19(28)25-24-18(27)10-11-20-23-21(26-29-20)16-6-4-3-5-7-16/h3-9,12,22H,10-11,13H2,1-2H3,(H,24,27)(H,25,28). The van der Waals surface area contributed by atoms with Crippen molar-refractivity contribution >= 4 is 17.5 Å². The Kier molecular flexibility index (Phi) is 6.57. The van der Waals surface area contributed by atoms with Crippen LogP contribution in [0.25, 0.3) is 11.4 Å². The molecule has 0 bridgehead atoms. The van der Waals surface area contributed by atoms with Crippen molar-refractivity contribution in [3.8, 4) is 11.4 Å². The van der Waals surface area contributed by atoms with Gasteiger partial charge < -0.3 is 9.84 Å². The van der Waals surface area contributed by atoms with E-state index in [1.807, 2.05) is 62.4 Å². The van der Waals surface area contributed by atoms with Crippen LogP contribution >= 0.6 is 0 Å². The zero-order chi connectivity index (χ0) is 20.6. The largest absolute Gasteiger partial charge is 0.376 e. The molecule has 8 nitrogen and oxygen atoms in total. The molecule has 0 aliphatic rings. The summed E-state index contributed by atoms with van der Waals surface area (Å²) in [7, 11) is 0. The molecule has 0 radical (unpaired) electrons. The minimum absolute atomic E-state index is 0.0499. The molecule has 0 atom stereocenters. The van der Waals surface area contributed by atoms with Gasteiger partial charge in [0.1, 0.15) is 0 Å². The molecule has 1 heterocycles. The van der Waals surface area contributed by atoms with Crippen molar-refractivity contribution in [2.45, 2.75) is 26.7 Å². The lowest BCUT2D eigenvalue weighted by Gasteiger charge is -2.11. The highest BCUT2D eigenvalue weighted by molar-refractivity contribution is 5.84. The first-order valence-corrected chi connectivity index (χ1v) is 9.28. The maximum absolute atomic E-state index is 11.9. The van der Waals surface area contributed by atoms with Crippen molar-refractivity contribution in [1.82, 2.24) is 21.0 Å². The number of hydrogen-bond acceptors (Lipinski definition) is 6. The van der Waals surface area contributed by atoms with Crippen LogP contribution in [0.4, 0.5) is 5.69 Å². The van der Waals surface area contributed by atoms with Gasteiger partial charge in [0.05, 0.1) is 6.54 Å². The van der Waals surface area contributed by atoms with Crippen molar-refractivity contribution in [3.05, 3.63) is 65.5 Å². The topological polar surface area (TPSA) is 109 Å². The molecule has 29 heavy (non-hydrogen) atoms. The first kappa shape index (κ1) is 20.1. The lowest BCUT2D eigenvalue weighted by atomic mass is 10.1. The molecule has 3 N–H and O–H groups in total. The van der Waals surface area contributed by atoms with Crippen LogP contribution in [0.1, 0.15) is 23.4 Å². The summed E-state index contributed by atoms with van der Waals surface area (Å²) in [6, 6.07) is 15.3. The van der Waals surface area contributed by atoms with E-state index in [1.165, 1.54) is 0 Å². The molecular weight excluding hydrogens is 370 g/mol. The highest BCUT2D eigenvalue weighted by Gasteiger charge is 2.11. The maximum atomic E-state index is 11.9. The second-order valence-electron chi connectivity index (χ2n) is 6.65. The van der Waals surface area contributed by atoms with E-state index in [0.29, 0.717) is 11.7 Å². The number of rotatable bonds is 7. The van der Waals surface area contributed by atoms with Gasteiger partial charge in [0.25, 0.3) is 5.91 Å². The van der Waals surface area contributed by atoms with Crippen LogP contribution in [0.15, 0.2) is 53.1 Å². The fourth-order valence-corrected chi connectivity index (χ4v) is 2.71. The number of aryl methyl sites for hydroxylation is 3. The number of aromatic nitrogens is 2. The maximum Gasteiger partial charge on any atom is 0.257 e. The third-order valence-electron chi connectivity index (χ3n) is 4.23. The Morgan fingerprint density at radius 2 is 1.76 bits per heavy atom. The normalized spacial score (nSPS) is 10.4. The molecule has 0 aliphatic carbocycles. The monoisotopic (exact) mass is 393 g/mol. The molecular formula is C21H23N5O3. The summed E-state index contributed by atoms with van der Waals surface area (Å²) < 4.78 is 5.16. The van der Waals surface area contributed by atoms with Gasteiger partial charge >= 0.3 is 0 Å². The van der Waals surface area contributed by atoms with Gasteiger partial charge in [-0.05, 0) is 25.5 Å². The molecule has 0 saturated heterocycles. The first-order valence-electron chi connectivity index (χ1n) is 9.28. The Hall–Kier alpha value is -3.68. The number of hydrogen-bond donors (Lipinski definition) is 3. The number of anilines is 1. The molecule has 3 rings (SSSR count). The van der Waals surface area contributed by atoms with Gasteiger partial charge in [0.15, 0.2) is 0 Å². The van der Waals surface area contributed by atoms with E-state index in [2.05, 4.69) is 26.3 Å². The summed E-state index contributed by atoms with van der Waals surface area (Å²) in [5.74, 6) is 0.153. The van der Waals surface area contributed by atoms with Crippen molar-refractivity contribution < 1.29 is 14.1 Å².